The molecule has 2 N–H and O–H groups in total. The van der Waals surface area contributed by atoms with E-state index in [0.717, 1.165) is 12.8 Å². The molecule has 1 spiro atoms. The molecule has 2 fully saturated rings. The summed E-state index contributed by atoms with van der Waals surface area (Å²) in [4.78, 5) is 27.2. The Morgan fingerprint density at radius 1 is 1.48 bits per heavy atom. The first-order valence-corrected chi connectivity index (χ1v) is 8.28. The number of rotatable bonds is 4. The van der Waals surface area contributed by atoms with Gasteiger partial charge in [-0.05, 0) is 37.8 Å². The molecule has 3 heterocycles. The molecular weight excluding hydrogens is 329 g/mol. The topological polar surface area (TPSA) is 92.9 Å². The number of halogens is 1. The van der Waals surface area contributed by atoms with Gasteiger partial charge in [0.25, 0.3) is 5.91 Å². The minimum Gasteiger partial charge on any atom is -0.481 e. The van der Waals surface area contributed by atoms with Crippen molar-refractivity contribution in [2.45, 2.75) is 37.4 Å². The lowest BCUT2D eigenvalue weighted by molar-refractivity contribution is -0.164. The summed E-state index contributed by atoms with van der Waals surface area (Å²) in [6.45, 7) is 0.322. The first-order valence-electron chi connectivity index (χ1n) is 8.28. The monoisotopic (exact) mass is 347 g/mol. The zero-order chi connectivity index (χ0) is 17.6. The Labute approximate surface area is 142 Å². The van der Waals surface area contributed by atoms with Crippen LogP contribution in [0.1, 0.15) is 36.3 Å². The van der Waals surface area contributed by atoms with Gasteiger partial charge in [0.1, 0.15) is 11.3 Å². The number of pyridine rings is 1. The van der Waals surface area contributed by atoms with Crippen molar-refractivity contribution in [1.82, 2.24) is 14.7 Å². The average molecular weight is 347 g/mol. The minimum absolute atomic E-state index is 0.122. The van der Waals surface area contributed by atoms with Gasteiger partial charge in [0.15, 0.2) is 0 Å². The number of imidazole rings is 1. The van der Waals surface area contributed by atoms with Gasteiger partial charge in [-0.25, -0.2) is 9.37 Å². The fourth-order valence-corrected chi connectivity index (χ4v) is 3.79. The van der Waals surface area contributed by atoms with E-state index in [1.807, 2.05) is 0 Å². The summed E-state index contributed by atoms with van der Waals surface area (Å²) >= 11 is 0. The number of hydrogen-bond acceptors (Lipinski definition) is 4. The molecule has 1 saturated carbocycles. The smallest absolute Gasteiger partial charge is 0.306 e. The Morgan fingerprint density at radius 2 is 2.28 bits per heavy atom. The molecule has 7 nitrogen and oxygen atoms in total. The van der Waals surface area contributed by atoms with Crippen LogP contribution < -0.4 is 5.32 Å². The summed E-state index contributed by atoms with van der Waals surface area (Å²) in [5, 5.41) is 11.8. The molecule has 2 aromatic rings. The third kappa shape index (κ3) is 2.76. The van der Waals surface area contributed by atoms with Crippen molar-refractivity contribution in [3.05, 3.63) is 36.2 Å². The highest BCUT2D eigenvalue weighted by Crippen LogP contribution is 2.49. The zero-order valence-electron chi connectivity index (χ0n) is 13.4. The number of aliphatic carboxylic acids is 1. The van der Waals surface area contributed by atoms with Crippen molar-refractivity contribution >= 4 is 17.4 Å². The van der Waals surface area contributed by atoms with Gasteiger partial charge in [-0.15, -0.1) is 0 Å². The molecule has 1 unspecified atom stereocenters. The van der Waals surface area contributed by atoms with Crippen LogP contribution in [0, 0.1) is 11.7 Å². The van der Waals surface area contributed by atoms with Crippen molar-refractivity contribution in [3.8, 4) is 0 Å². The molecule has 1 amide bonds. The number of nitrogens with zero attached hydrogens (tertiary/aromatic N) is 2. The summed E-state index contributed by atoms with van der Waals surface area (Å²) < 4.78 is 21.0. The predicted octanol–water partition coefficient (Wildman–Crippen LogP) is 1.62. The van der Waals surface area contributed by atoms with Gasteiger partial charge in [-0.1, -0.05) is 0 Å². The molecule has 1 aliphatic heterocycles. The maximum absolute atomic E-state index is 13.7. The van der Waals surface area contributed by atoms with Crippen molar-refractivity contribution in [1.29, 1.82) is 0 Å². The highest BCUT2D eigenvalue weighted by Gasteiger charge is 2.52. The number of ether oxygens (including phenoxy) is 1. The van der Waals surface area contributed by atoms with E-state index in [2.05, 4.69) is 10.3 Å². The van der Waals surface area contributed by atoms with E-state index in [-0.39, 0.29) is 29.0 Å². The van der Waals surface area contributed by atoms with Crippen LogP contribution in [0.25, 0.3) is 5.52 Å². The third-order valence-electron chi connectivity index (χ3n) is 5.14. The van der Waals surface area contributed by atoms with Crippen molar-refractivity contribution < 1.29 is 23.8 Å². The van der Waals surface area contributed by atoms with Crippen LogP contribution >= 0.6 is 0 Å². The molecule has 1 saturated heterocycles. The number of amides is 1. The van der Waals surface area contributed by atoms with Gasteiger partial charge in [0.2, 0.25) is 5.82 Å². The lowest BCUT2D eigenvalue weighted by atomic mass is 9.69. The number of aromatic nitrogens is 2. The fourth-order valence-electron chi connectivity index (χ4n) is 3.79. The molecule has 2 aliphatic rings. The van der Waals surface area contributed by atoms with Crippen molar-refractivity contribution in [3.63, 3.8) is 0 Å². The molecule has 25 heavy (non-hydrogen) atoms. The Bertz CT molecular complexity index is 844. The minimum atomic E-state index is -0.774. The van der Waals surface area contributed by atoms with Crippen molar-refractivity contribution in [2.24, 2.45) is 5.92 Å². The van der Waals surface area contributed by atoms with Crippen LogP contribution in [-0.4, -0.2) is 44.6 Å². The van der Waals surface area contributed by atoms with E-state index in [1.165, 1.54) is 22.7 Å². The van der Waals surface area contributed by atoms with E-state index >= 15 is 0 Å². The van der Waals surface area contributed by atoms with Crippen LogP contribution in [0.4, 0.5) is 4.39 Å². The highest BCUT2D eigenvalue weighted by molar-refractivity contribution is 5.91. The number of carboxylic acid groups (broad SMARTS) is 1. The zero-order valence-corrected chi connectivity index (χ0v) is 13.4. The van der Waals surface area contributed by atoms with Crippen LogP contribution in [-0.2, 0) is 9.53 Å². The first-order chi connectivity index (χ1) is 12.0. The molecule has 1 atom stereocenters. The Balaban J connectivity index is 1.35. The Morgan fingerprint density at radius 3 is 3.04 bits per heavy atom. The molecule has 0 radical (unpaired) electrons. The number of carbonyl (C=O) groups is 2. The Kier molecular flexibility index (Phi) is 3.72. The Hall–Kier alpha value is -2.48. The summed E-state index contributed by atoms with van der Waals surface area (Å²) in [7, 11) is 0. The normalized spacial score (nSPS) is 28.2. The van der Waals surface area contributed by atoms with Crippen LogP contribution in [0.15, 0.2) is 24.5 Å². The number of carbonyl (C=O) groups excluding carboxylic acids is 1. The molecule has 132 valence electrons. The maximum Gasteiger partial charge on any atom is 0.306 e. The predicted molar refractivity (Wildman–Crippen MR) is 84.7 cm³/mol. The summed E-state index contributed by atoms with van der Waals surface area (Å²) in [6.07, 6.45) is 5.45. The van der Waals surface area contributed by atoms with Gasteiger partial charge in [0, 0.05) is 12.7 Å². The van der Waals surface area contributed by atoms with Gasteiger partial charge in [0.05, 0.1) is 23.8 Å². The third-order valence-corrected chi connectivity index (χ3v) is 5.14. The van der Waals surface area contributed by atoms with E-state index in [1.54, 1.807) is 6.20 Å². The number of nitrogens with one attached hydrogen (secondary N) is 1. The summed E-state index contributed by atoms with van der Waals surface area (Å²) in [5.41, 5.74) is -0.0837. The molecule has 0 bridgehead atoms. The van der Waals surface area contributed by atoms with E-state index in [9.17, 15) is 14.0 Å². The molecule has 4 rings (SSSR count). The van der Waals surface area contributed by atoms with Crippen LogP contribution in [0.2, 0.25) is 0 Å². The van der Waals surface area contributed by atoms with Crippen molar-refractivity contribution in [2.75, 3.05) is 6.54 Å². The molecular formula is C17H18FN3O4. The van der Waals surface area contributed by atoms with E-state index in [0.29, 0.717) is 19.4 Å². The first kappa shape index (κ1) is 16.0. The standard InChI is InChI=1S/C17H18FN3O4/c18-12-2-1-5-21-13(12)9-19-14(21)15(22)20-8-11-3-4-17(25-11)6-10(7-17)16(23)24/h1-2,5,9-11H,3-4,6-8H2,(H,20,22)(H,23,24). The summed E-state index contributed by atoms with van der Waals surface area (Å²) in [6, 6.07) is 2.83. The van der Waals surface area contributed by atoms with Gasteiger partial charge >= 0.3 is 5.97 Å². The van der Waals surface area contributed by atoms with Gasteiger partial charge < -0.3 is 15.2 Å². The number of carboxylic acids is 1. The summed E-state index contributed by atoms with van der Waals surface area (Å²) in [5.74, 6) is -1.80. The quantitative estimate of drug-likeness (QED) is 0.877. The second-order valence-electron chi connectivity index (χ2n) is 6.81. The van der Waals surface area contributed by atoms with E-state index in [4.69, 9.17) is 9.84 Å². The molecule has 8 heteroatoms. The average Bonchev–Trinajstić information content (AvgIpc) is 3.16. The van der Waals surface area contributed by atoms with Gasteiger partial charge in [-0.2, -0.15) is 0 Å². The van der Waals surface area contributed by atoms with Crippen LogP contribution in [0.3, 0.4) is 0 Å². The van der Waals surface area contributed by atoms with E-state index < -0.39 is 17.7 Å². The second-order valence-corrected chi connectivity index (χ2v) is 6.81. The molecule has 1 aliphatic carbocycles. The van der Waals surface area contributed by atoms with Gasteiger partial charge in [-0.3, -0.25) is 14.0 Å². The highest BCUT2D eigenvalue weighted by atomic mass is 19.1. The molecule has 0 aromatic carbocycles. The lowest BCUT2D eigenvalue weighted by Gasteiger charge is -2.42. The second kappa shape index (κ2) is 5.80. The molecule has 2 aromatic heterocycles. The van der Waals surface area contributed by atoms with Crippen LogP contribution in [0.5, 0.6) is 0 Å². The largest absolute Gasteiger partial charge is 0.481 e. The maximum atomic E-state index is 13.7. The number of fused-ring (bicyclic) bond motifs is 1. The lowest BCUT2D eigenvalue weighted by Crippen LogP contribution is -2.47. The number of hydrogen-bond donors (Lipinski definition) is 2. The fraction of sp³-hybridized carbons (Fsp3) is 0.471. The SMILES string of the molecule is O=C(NCC1CCC2(CC(C(=O)O)C2)O1)c1ncc2c(F)cccn12.